The van der Waals surface area contributed by atoms with Crippen molar-refractivity contribution in [2.45, 2.75) is 0 Å². The second-order valence-corrected chi connectivity index (χ2v) is 6.44. The molecule has 6 nitrogen and oxygen atoms in total. The predicted octanol–water partition coefficient (Wildman–Crippen LogP) is 3.06. The topological polar surface area (TPSA) is 75.8 Å². The zero-order valence-electron chi connectivity index (χ0n) is 11.8. The van der Waals surface area contributed by atoms with Crippen LogP contribution in [0.25, 0.3) is 0 Å². The van der Waals surface area contributed by atoms with Gasteiger partial charge in [0.15, 0.2) is 0 Å². The first-order valence-corrected chi connectivity index (χ1v) is 8.19. The van der Waals surface area contributed by atoms with Gasteiger partial charge in [-0.15, -0.1) is 0 Å². The van der Waals surface area contributed by atoms with Gasteiger partial charge in [-0.1, -0.05) is 0 Å². The summed E-state index contributed by atoms with van der Waals surface area (Å²) in [7, 11) is -0.658. The molecular weight excluding hydrogens is 293 g/mol. The van der Waals surface area contributed by atoms with E-state index in [0.29, 0.717) is 11.5 Å². The van der Waals surface area contributed by atoms with Crippen LogP contribution in [0.1, 0.15) is 0 Å². The number of hydrogen-bond acceptors (Lipinski definition) is 6. The summed E-state index contributed by atoms with van der Waals surface area (Å²) in [6, 6.07) is 17.4. The normalized spacial score (nSPS) is 19.1. The Hall–Kier alpha value is -1.69. The number of rotatable bonds is 4. The van der Waals surface area contributed by atoms with E-state index in [1.165, 1.54) is 0 Å². The Balaban J connectivity index is 0.000000497. The predicted molar refractivity (Wildman–Crippen MR) is 80.4 cm³/mol. The third kappa shape index (κ3) is 4.39. The van der Waals surface area contributed by atoms with Gasteiger partial charge >= 0.3 is 103 Å². The van der Waals surface area contributed by atoms with Gasteiger partial charge in [-0.3, -0.25) is 0 Å². The maximum absolute atomic E-state index is 10.2. The second kappa shape index (κ2) is 6.39. The number of nitrogens with one attached hydrogen (secondary N) is 1. The maximum atomic E-state index is 10.2. The molecule has 2 aromatic carbocycles. The van der Waals surface area contributed by atoms with Crippen LogP contribution in [0, 0.1) is 0 Å². The Morgan fingerprint density at radius 3 is 1.43 bits per heavy atom. The minimum absolute atomic E-state index is 0.408. The minimum atomic E-state index is -4.41. The summed E-state index contributed by atoms with van der Waals surface area (Å²) >= 11 is 0. The molecule has 0 aromatic heterocycles. The molecule has 21 heavy (non-hydrogen) atoms. The van der Waals surface area contributed by atoms with Gasteiger partial charge in [0.25, 0.3) is 0 Å². The molecule has 3 rings (SSSR count). The molecule has 7 heteroatoms. The van der Waals surface area contributed by atoms with E-state index < -0.39 is 7.74 Å². The van der Waals surface area contributed by atoms with Crippen molar-refractivity contribution in [2.75, 3.05) is 14.1 Å². The summed E-state index contributed by atoms with van der Waals surface area (Å²) in [5, 5.41) is 2.75. The molecule has 2 N–H and O–H groups in total. The van der Waals surface area contributed by atoms with Crippen LogP contribution in [0.5, 0.6) is 11.5 Å². The fraction of sp³-hybridized carbons (Fsp3) is 0.143. The van der Waals surface area contributed by atoms with E-state index in [1.54, 1.807) is 48.5 Å². The third-order valence-corrected chi connectivity index (χ3v) is 3.82. The molecule has 0 radical (unpaired) electrons. The quantitative estimate of drug-likeness (QED) is 0.513. The molecule has 0 saturated carbocycles. The SMILES string of the molecule is CNC.OP1(Oc2ccccc2)(Oc2ccccc2)OO1. The Labute approximate surface area is 123 Å². The van der Waals surface area contributed by atoms with Crippen LogP contribution in [0.15, 0.2) is 60.7 Å². The van der Waals surface area contributed by atoms with E-state index in [4.69, 9.17) is 9.05 Å². The summed E-state index contributed by atoms with van der Waals surface area (Å²) in [5.74, 6) is 0.817. The molecule has 0 unspecified atom stereocenters. The fourth-order valence-corrected chi connectivity index (χ4v) is 2.88. The number of para-hydroxylation sites is 2. The Morgan fingerprint density at radius 1 is 0.810 bits per heavy atom. The Kier molecular flexibility index (Phi) is 4.77. The van der Waals surface area contributed by atoms with Crippen LogP contribution < -0.4 is 14.4 Å². The van der Waals surface area contributed by atoms with Gasteiger partial charge < -0.3 is 5.32 Å². The van der Waals surface area contributed by atoms with Crippen molar-refractivity contribution in [1.82, 2.24) is 5.32 Å². The van der Waals surface area contributed by atoms with E-state index in [-0.39, 0.29) is 0 Å². The van der Waals surface area contributed by atoms with E-state index >= 15 is 0 Å². The first-order valence-electron chi connectivity index (χ1n) is 6.33. The van der Waals surface area contributed by atoms with E-state index in [0.717, 1.165) is 0 Å². The van der Waals surface area contributed by atoms with Gasteiger partial charge in [0.1, 0.15) is 0 Å². The van der Waals surface area contributed by atoms with Crippen molar-refractivity contribution in [3.8, 4) is 11.5 Å². The van der Waals surface area contributed by atoms with Crippen LogP contribution in [0.4, 0.5) is 0 Å². The van der Waals surface area contributed by atoms with Crippen molar-refractivity contribution in [3.05, 3.63) is 60.7 Å². The van der Waals surface area contributed by atoms with Crippen molar-refractivity contribution < 1.29 is 23.3 Å². The van der Waals surface area contributed by atoms with Crippen LogP contribution >= 0.6 is 7.74 Å². The molecule has 0 atom stereocenters. The molecule has 0 amide bonds. The summed E-state index contributed by atoms with van der Waals surface area (Å²) in [6.07, 6.45) is 0. The van der Waals surface area contributed by atoms with Gasteiger partial charge in [0.05, 0.1) is 0 Å². The molecule has 1 aliphatic rings. The van der Waals surface area contributed by atoms with Gasteiger partial charge in [-0.2, -0.15) is 0 Å². The van der Waals surface area contributed by atoms with Crippen molar-refractivity contribution >= 4 is 7.74 Å². The molecule has 1 aliphatic heterocycles. The monoisotopic (exact) mass is 311 g/mol. The first-order chi connectivity index (χ1) is 10.1. The van der Waals surface area contributed by atoms with Crippen molar-refractivity contribution in [2.24, 2.45) is 0 Å². The fourth-order valence-electron chi connectivity index (χ4n) is 1.44. The summed E-state index contributed by atoms with van der Waals surface area (Å²) in [4.78, 5) is 10.2. The van der Waals surface area contributed by atoms with Crippen molar-refractivity contribution in [1.29, 1.82) is 0 Å². The molecule has 0 spiro atoms. The molecule has 2 aromatic rings. The molecule has 0 bridgehead atoms. The zero-order chi connectivity index (χ0) is 15.2. The van der Waals surface area contributed by atoms with Crippen LogP contribution in [0.2, 0.25) is 0 Å². The van der Waals surface area contributed by atoms with Crippen LogP contribution in [-0.2, 0) is 9.35 Å². The molecule has 0 aliphatic carbocycles. The summed E-state index contributed by atoms with van der Waals surface area (Å²) in [6.45, 7) is 0. The number of benzene rings is 2. The molecule has 1 fully saturated rings. The van der Waals surface area contributed by atoms with Crippen LogP contribution in [-0.4, -0.2) is 19.0 Å². The van der Waals surface area contributed by atoms with Gasteiger partial charge in [0.2, 0.25) is 0 Å². The molecule has 114 valence electrons. The Morgan fingerprint density at radius 2 is 1.14 bits per heavy atom. The summed E-state index contributed by atoms with van der Waals surface area (Å²) in [5.41, 5.74) is 0. The zero-order valence-corrected chi connectivity index (χ0v) is 12.7. The van der Waals surface area contributed by atoms with Gasteiger partial charge in [0, 0.05) is 0 Å². The first kappa shape index (κ1) is 15.7. The molecule has 1 saturated heterocycles. The summed E-state index contributed by atoms with van der Waals surface area (Å²) < 4.78 is 19.9. The molecular formula is C14H18NO5P. The van der Waals surface area contributed by atoms with E-state index in [9.17, 15) is 4.89 Å². The average Bonchev–Trinajstić information content (AvgIpc) is 3.14. The third-order valence-electron chi connectivity index (χ3n) is 2.27. The second-order valence-electron chi connectivity index (χ2n) is 4.23. The standard InChI is InChI=1S/C12H11O5P.C2H7N/c13-18(16-17-18,14-11-7-3-1-4-8-11)15-12-9-5-2-6-10-12;1-3-2/h1-10,13H;3H,1-2H3. The van der Waals surface area contributed by atoms with E-state index in [1.807, 2.05) is 26.2 Å². The van der Waals surface area contributed by atoms with Crippen LogP contribution in [0.3, 0.4) is 0 Å². The van der Waals surface area contributed by atoms with Gasteiger partial charge in [-0.05, 0) is 14.1 Å². The van der Waals surface area contributed by atoms with Gasteiger partial charge in [-0.25, -0.2) is 0 Å². The van der Waals surface area contributed by atoms with Crippen molar-refractivity contribution in [3.63, 3.8) is 0 Å². The molecule has 1 heterocycles. The van der Waals surface area contributed by atoms with E-state index in [2.05, 4.69) is 14.7 Å². The Bertz CT molecular complexity index is 517. The average molecular weight is 311 g/mol. The number of hydrogen-bond donors (Lipinski definition) is 2.